The fourth-order valence-corrected chi connectivity index (χ4v) is 3.04. The van der Waals surface area contributed by atoms with Gasteiger partial charge < -0.3 is 14.7 Å². The lowest BCUT2D eigenvalue weighted by Gasteiger charge is -2.38. The molecular weight excluding hydrogens is 242 g/mol. The van der Waals surface area contributed by atoms with E-state index >= 15 is 0 Å². The SMILES string of the molecule is CC(C)(C)OC(=O)N1CCC(CC2CC(O)C2)CC1. The molecule has 0 radical (unpaired) electrons. The number of likely N-dealkylation sites (tertiary alicyclic amines) is 1. The van der Waals surface area contributed by atoms with Crippen molar-refractivity contribution in [1.29, 1.82) is 0 Å². The van der Waals surface area contributed by atoms with Crippen molar-refractivity contribution in [1.82, 2.24) is 4.90 Å². The summed E-state index contributed by atoms with van der Waals surface area (Å²) in [4.78, 5) is 13.8. The fraction of sp³-hybridized carbons (Fsp3) is 0.933. The van der Waals surface area contributed by atoms with E-state index in [4.69, 9.17) is 4.74 Å². The number of hydrogen-bond donors (Lipinski definition) is 1. The monoisotopic (exact) mass is 269 g/mol. The lowest BCUT2D eigenvalue weighted by molar-refractivity contribution is 0.00991. The third-order valence-corrected chi connectivity index (χ3v) is 4.14. The summed E-state index contributed by atoms with van der Waals surface area (Å²) in [7, 11) is 0. The molecule has 1 aliphatic carbocycles. The van der Waals surface area contributed by atoms with Gasteiger partial charge in [-0.25, -0.2) is 4.79 Å². The predicted octanol–water partition coefficient (Wildman–Crippen LogP) is 2.79. The van der Waals surface area contributed by atoms with E-state index in [0.717, 1.165) is 44.7 Å². The molecule has 0 aromatic carbocycles. The van der Waals surface area contributed by atoms with Crippen LogP contribution in [-0.2, 0) is 4.74 Å². The number of aliphatic hydroxyl groups excluding tert-OH is 1. The van der Waals surface area contributed by atoms with Crippen molar-refractivity contribution in [2.24, 2.45) is 11.8 Å². The first-order valence-electron chi connectivity index (χ1n) is 7.49. The highest BCUT2D eigenvalue weighted by Crippen LogP contribution is 2.36. The molecule has 0 atom stereocenters. The predicted molar refractivity (Wildman–Crippen MR) is 73.9 cm³/mol. The van der Waals surface area contributed by atoms with Crippen molar-refractivity contribution in [3.8, 4) is 0 Å². The van der Waals surface area contributed by atoms with Gasteiger partial charge in [-0.15, -0.1) is 0 Å². The molecule has 4 nitrogen and oxygen atoms in total. The first-order chi connectivity index (χ1) is 8.83. The molecule has 2 fully saturated rings. The molecule has 0 bridgehead atoms. The Balaban J connectivity index is 1.68. The fourth-order valence-electron chi connectivity index (χ4n) is 3.04. The number of piperidine rings is 1. The molecule has 1 saturated carbocycles. The largest absolute Gasteiger partial charge is 0.444 e. The molecule has 0 unspecified atom stereocenters. The van der Waals surface area contributed by atoms with Crippen LogP contribution in [0.2, 0.25) is 0 Å². The van der Waals surface area contributed by atoms with Crippen molar-refractivity contribution in [2.75, 3.05) is 13.1 Å². The van der Waals surface area contributed by atoms with Crippen LogP contribution in [0.3, 0.4) is 0 Å². The van der Waals surface area contributed by atoms with Crippen LogP contribution >= 0.6 is 0 Å². The molecule has 19 heavy (non-hydrogen) atoms. The van der Waals surface area contributed by atoms with Gasteiger partial charge in [0.15, 0.2) is 0 Å². The zero-order valence-corrected chi connectivity index (χ0v) is 12.4. The zero-order chi connectivity index (χ0) is 14.0. The van der Waals surface area contributed by atoms with E-state index in [2.05, 4.69) is 0 Å². The van der Waals surface area contributed by atoms with E-state index < -0.39 is 5.60 Å². The van der Waals surface area contributed by atoms with Crippen LogP contribution in [-0.4, -0.2) is 40.9 Å². The molecule has 1 saturated heterocycles. The van der Waals surface area contributed by atoms with Gasteiger partial charge in [0.2, 0.25) is 0 Å². The van der Waals surface area contributed by atoms with Crippen molar-refractivity contribution < 1.29 is 14.6 Å². The topological polar surface area (TPSA) is 49.8 Å². The molecule has 2 aliphatic rings. The second kappa shape index (κ2) is 5.70. The molecule has 0 aromatic heterocycles. The summed E-state index contributed by atoms with van der Waals surface area (Å²) in [6.07, 6.45) is 5.10. The van der Waals surface area contributed by atoms with Gasteiger partial charge in [-0.3, -0.25) is 0 Å². The van der Waals surface area contributed by atoms with Crippen LogP contribution in [0.4, 0.5) is 4.79 Å². The lowest BCUT2D eigenvalue weighted by atomic mass is 9.75. The van der Waals surface area contributed by atoms with Gasteiger partial charge in [0, 0.05) is 13.1 Å². The smallest absolute Gasteiger partial charge is 0.410 e. The van der Waals surface area contributed by atoms with Gasteiger partial charge in [-0.2, -0.15) is 0 Å². The van der Waals surface area contributed by atoms with Crippen LogP contribution in [0.1, 0.15) is 52.9 Å². The second-order valence-corrected chi connectivity index (χ2v) is 7.14. The third kappa shape index (κ3) is 4.37. The standard InChI is InChI=1S/C15H27NO3/c1-15(2,3)19-14(18)16-6-4-11(5-7-16)8-12-9-13(17)10-12/h11-13,17H,4-10H2,1-3H3. The highest BCUT2D eigenvalue weighted by molar-refractivity contribution is 5.68. The Hall–Kier alpha value is -0.770. The van der Waals surface area contributed by atoms with Crippen LogP contribution in [0.25, 0.3) is 0 Å². The summed E-state index contributed by atoms with van der Waals surface area (Å²) in [5, 5.41) is 9.30. The molecule has 110 valence electrons. The van der Waals surface area contributed by atoms with Crippen molar-refractivity contribution in [3.05, 3.63) is 0 Å². The Morgan fingerprint density at radius 1 is 1.21 bits per heavy atom. The maximum Gasteiger partial charge on any atom is 0.410 e. The van der Waals surface area contributed by atoms with Gasteiger partial charge in [0.05, 0.1) is 6.10 Å². The number of aliphatic hydroxyl groups is 1. The molecular formula is C15H27NO3. The first-order valence-corrected chi connectivity index (χ1v) is 7.49. The highest BCUT2D eigenvalue weighted by atomic mass is 16.6. The lowest BCUT2D eigenvalue weighted by Crippen LogP contribution is -2.42. The van der Waals surface area contributed by atoms with Crippen LogP contribution in [0, 0.1) is 11.8 Å². The van der Waals surface area contributed by atoms with Crippen molar-refractivity contribution in [2.45, 2.75) is 64.6 Å². The number of nitrogens with zero attached hydrogens (tertiary/aromatic N) is 1. The molecule has 1 aliphatic heterocycles. The first kappa shape index (κ1) is 14.6. The van der Waals surface area contributed by atoms with Gasteiger partial charge in [-0.1, -0.05) is 0 Å². The van der Waals surface area contributed by atoms with E-state index in [0.29, 0.717) is 5.92 Å². The minimum atomic E-state index is -0.407. The normalized spacial score (nSPS) is 28.9. The summed E-state index contributed by atoms with van der Waals surface area (Å²) in [6, 6.07) is 0. The molecule has 1 heterocycles. The average Bonchev–Trinajstić information content (AvgIpc) is 2.25. The van der Waals surface area contributed by atoms with Gasteiger partial charge in [-0.05, 0) is 64.7 Å². The Morgan fingerprint density at radius 2 is 1.79 bits per heavy atom. The summed E-state index contributed by atoms with van der Waals surface area (Å²) in [5.41, 5.74) is -0.407. The van der Waals surface area contributed by atoms with E-state index in [-0.39, 0.29) is 12.2 Å². The van der Waals surface area contributed by atoms with Crippen LogP contribution < -0.4 is 0 Å². The van der Waals surface area contributed by atoms with Crippen molar-refractivity contribution in [3.63, 3.8) is 0 Å². The summed E-state index contributed by atoms with van der Waals surface area (Å²) in [5.74, 6) is 1.43. The van der Waals surface area contributed by atoms with Crippen LogP contribution in [0.15, 0.2) is 0 Å². The summed E-state index contributed by atoms with van der Waals surface area (Å²) in [6.45, 7) is 7.34. The summed E-state index contributed by atoms with van der Waals surface area (Å²) >= 11 is 0. The maximum atomic E-state index is 11.9. The summed E-state index contributed by atoms with van der Waals surface area (Å²) < 4.78 is 5.39. The van der Waals surface area contributed by atoms with Gasteiger partial charge in [0.25, 0.3) is 0 Å². The van der Waals surface area contributed by atoms with Gasteiger partial charge in [0.1, 0.15) is 5.60 Å². The average molecular weight is 269 g/mol. The number of amides is 1. The van der Waals surface area contributed by atoms with Crippen molar-refractivity contribution >= 4 is 6.09 Å². The second-order valence-electron chi connectivity index (χ2n) is 7.14. The Morgan fingerprint density at radius 3 is 2.26 bits per heavy atom. The number of carbonyl (C=O) groups excluding carboxylic acids is 1. The number of ether oxygens (including phenoxy) is 1. The molecule has 1 amide bonds. The highest BCUT2D eigenvalue weighted by Gasteiger charge is 2.32. The minimum absolute atomic E-state index is 0.0492. The molecule has 4 heteroatoms. The third-order valence-electron chi connectivity index (χ3n) is 4.14. The van der Waals surface area contributed by atoms with E-state index in [1.54, 1.807) is 0 Å². The molecule has 1 N–H and O–H groups in total. The minimum Gasteiger partial charge on any atom is -0.444 e. The molecule has 0 spiro atoms. The molecule has 2 rings (SSSR count). The Labute approximate surface area is 116 Å². The number of rotatable bonds is 2. The molecule has 0 aromatic rings. The van der Waals surface area contributed by atoms with E-state index in [1.807, 2.05) is 25.7 Å². The Kier molecular flexibility index (Phi) is 4.39. The quantitative estimate of drug-likeness (QED) is 0.838. The van der Waals surface area contributed by atoms with E-state index in [1.165, 1.54) is 6.42 Å². The number of carbonyl (C=O) groups is 1. The van der Waals surface area contributed by atoms with Gasteiger partial charge >= 0.3 is 6.09 Å². The number of hydrogen-bond acceptors (Lipinski definition) is 3. The maximum absolute atomic E-state index is 11.9. The van der Waals surface area contributed by atoms with E-state index in [9.17, 15) is 9.90 Å². The zero-order valence-electron chi connectivity index (χ0n) is 12.4. The Bertz CT molecular complexity index is 310. The van der Waals surface area contributed by atoms with Crippen LogP contribution in [0.5, 0.6) is 0 Å².